The third-order valence-electron chi connectivity index (χ3n) is 2.43. The van der Waals surface area contributed by atoms with E-state index in [9.17, 15) is 0 Å². The number of nitrogen functional groups attached to an aromatic ring is 1. The number of pyridine rings is 1. The highest BCUT2D eigenvalue weighted by molar-refractivity contribution is 7.09. The van der Waals surface area contributed by atoms with E-state index < -0.39 is 0 Å². The van der Waals surface area contributed by atoms with Crippen LogP contribution in [0.5, 0.6) is 0 Å². The molecule has 2 aromatic rings. The number of hydrogen-bond donors (Lipinski definition) is 2. The van der Waals surface area contributed by atoms with Crippen LogP contribution >= 0.6 is 11.3 Å². The molecule has 0 saturated heterocycles. The standard InChI is InChI=1S/C12H16N4S/c1-16(9-11-3-2-6-17-11)8-10-4-5-14-12(7-10)15-13/h2-7H,8-9,13H2,1H3,(H,14,15). The predicted molar refractivity (Wildman–Crippen MR) is 71.5 cm³/mol. The van der Waals surface area contributed by atoms with Crippen LogP contribution in [0.3, 0.4) is 0 Å². The van der Waals surface area contributed by atoms with Crippen LogP contribution in [-0.4, -0.2) is 16.9 Å². The summed E-state index contributed by atoms with van der Waals surface area (Å²) in [6, 6.07) is 8.20. The number of thiophene rings is 1. The maximum atomic E-state index is 5.33. The molecule has 2 heterocycles. The van der Waals surface area contributed by atoms with Gasteiger partial charge in [-0.25, -0.2) is 10.8 Å². The van der Waals surface area contributed by atoms with Gasteiger partial charge in [0, 0.05) is 24.2 Å². The van der Waals surface area contributed by atoms with Crippen molar-refractivity contribution in [3.8, 4) is 0 Å². The molecule has 0 aliphatic heterocycles. The van der Waals surface area contributed by atoms with E-state index in [1.165, 1.54) is 10.4 Å². The van der Waals surface area contributed by atoms with Crippen LogP contribution in [0, 0.1) is 0 Å². The van der Waals surface area contributed by atoms with Gasteiger partial charge in [-0.05, 0) is 36.2 Å². The smallest absolute Gasteiger partial charge is 0.140 e. The van der Waals surface area contributed by atoms with Gasteiger partial charge in [0.25, 0.3) is 0 Å². The van der Waals surface area contributed by atoms with Gasteiger partial charge >= 0.3 is 0 Å². The number of nitrogens with one attached hydrogen (secondary N) is 1. The molecule has 0 aromatic carbocycles. The van der Waals surface area contributed by atoms with Crippen molar-refractivity contribution in [2.75, 3.05) is 12.5 Å². The summed E-state index contributed by atoms with van der Waals surface area (Å²) in [7, 11) is 2.11. The predicted octanol–water partition coefficient (Wildman–Crippen LogP) is 2.06. The Labute approximate surface area is 105 Å². The van der Waals surface area contributed by atoms with Gasteiger partial charge in [0.05, 0.1) is 0 Å². The van der Waals surface area contributed by atoms with Crippen LogP contribution in [0.25, 0.3) is 0 Å². The third-order valence-corrected chi connectivity index (χ3v) is 3.29. The van der Waals surface area contributed by atoms with Crippen LogP contribution in [-0.2, 0) is 13.1 Å². The van der Waals surface area contributed by atoms with E-state index >= 15 is 0 Å². The quantitative estimate of drug-likeness (QED) is 0.628. The molecule has 17 heavy (non-hydrogen) atoms. The minimum atomic E-state index is 0.701. The summed E-state index contributed by atoms with van der Waals surface area (Å²) >= 11 is 1.78. The second-order valence-corrected chi connectivity index (χ2v) is 4.98. The lowest BCUT2D eigenvalue weighted by molar-refractivity contribution is 0.322. The summed E-state index contributed by atoms with van der Waals surface area (Å²) in [5.74, 6) is 6.04. The monoisotopic (exact) mass is 248 g/mol. The van der Waals surface area contributed by atoms with Crippen LogP contribution in [0.4, 0.5) is 5.82 Å². The maximum Gasteiger partial charge on any atom is 0.140 e. The van der Waals surface area contributed by atoms with Crippen molar-refractivity contribution >= 4 is 17.2 Å². The number of rotatable bonds is 5. The highest BCUT2D eigenvalue weighted by atomic mass is 32.1. The first-order valence-electron chi connectivity index (χ1n) is 5.40. The summed E-state index contributed by atoms with van der Waals surface area (Å²) in [6.07, 6.45) is 1.77. The summed E-state index contributed by atoms with van der Waals surface area (Å²) < 4.78 is 0. The largest absolute Gasteiger partial charge is 0.308 e. The molecule has 0 spiro atoms. The Balaban J connectivity index is 1.95. The van der Waals surface area contributed by atoms with Crippen molar-refractivity contribution in [1.29, 1.82) is 0 Å². The summed E-state index contributed by atoms with van der Waals surface area (Å²) in [5, 5.41) is 2.10. The van der Waals surface area contributed by atoms with Crippen LogP contribution < -0.4 is 11.3 Å². The van der Waals surface area contributed by atoms with Gasteiger partial charge in [0.2, 0.25) is 0 Å². The zero-order valence-corrected chi connectivity index (χ0v) is 10.6. The molecule has 5 heteroatoms. The molecule has 0 unspecified atom stereocenters. The molecule has 2 rings (SSSR count). The molecule has 0 amide bonds. The molecule has 0 aliphatic rings. The van der Waals surface area contributed by atoms with Crippen molar-refractivity contribution in [2.45, 2.75) is 13.1 Å². The van der Waals surface area contributed by atoms with Gasteiger partial charge in [0.1, 0.15) is 5.82 Å². The highest BCUT2D eigenvalue weighted by Crippen LogP contribution is 2.13. The molecular weight excluding hydrogens is 232 g/mol. The molecule has 90 valence electrons. The van der Waals surface area contributed by atoms with E-state index in [1.54, 1.807) is 17.5 Å². The SMILES string of the molecule is CN(Cc1ccnc(NN)c1)Cc1cccs1. The molecule has 0 atom stereocenters. The number of hydrogen-bond acceptors (Lipinski definition) is 5. The summed E-state index contributed by atoms with van der Waals surface area (Å²) in [4.78, 5) is 7.73. The Bertz CT molecular complexity index is 455. The minimum absolute atomic E-state index is 0.701. The number of hydrazine groups is 1. The second kappa shape index (κ2) is 5.77. The lowest BCUT2D eigenvalue weighted by atomic mass is 10.2. The van der Waals surface area contributed by atoms with Gasteiger partial charge in [-0.1, -0.05) is 6.07 Å². The number of anilines is 1. The maximum absolute atomic E-state index is 5.33. The Morgan fingerprint density at radius 2 is 2.29 bits per heavy atom. The van der Waals surface area contributed by atoms with Crippen molar-refractivity contribution in [3.05, 3.63) is 46.3 Å². The molecule has 3 N–H and O–H groups in total. The number of nitrogens with zero attached hydrogens (tertiary/aromatic N) is 2. The van der Waals surface area contributed by atoms with Gasteiger partial charge in [-0.15, -0.1) is 11.3 Å². The summed E-state index contributed by atoms with van der Waals surface area (Å²) in [5.41, 5.74) is 3.76. The van der Waals surface area contributed by atoms with Crippen LogP contribution in [0.15, 0.2) is 35.8 Å². The fraction of sp³-hybridized carbons (Fsp3) is 0.250. The third kappa shape index (κ3) is 3.52. The van der Waals surface area contributed by atoms with E-state index in [-0.39, 0.29) is 0 Å². The molecule has 4 nitrogen and oxygen atoms in total. The molecule has 0 fully saturated rings. The topological polar surface area (TPSA) is 54.2 Å². The van der Waals surface area contributed by atoms with Gasteiger partial charge in [-0.2, -0.15) is 0 Å². The van der Waals surface area contributed by atoms with Crippen molar-refractivity contribution < 1.29 is 0 Å². The highest BCUT2D eigenvalue weighted by Gasteiger charge is 2.03. The molecule has 0 radical (unpaired) electrons. The normalized spacial score (nSPS) is 10.8. The number of nitrogens with two attached hydrogens (primary N) is 1. The van der Waals surface area contributed by atoms with Gasteiger partial charge < -0.3 is 5.43 Å². The fourth-order valence-electron chi connectivity index (χ4n) is 1.69. The number of aromatic nitrogens is 1. The summed E-state index contributed by atoms with van der Waals surface area (Å²) in [6.45, 7) is 1.85. The molecule has 0 saturated carbocycles. The first-order chi connectivity index (χ1) is 8.28. The van der Waals surface area contributed by atoms with Crippen molar-refractivity contribution in [3.63, 3.8) is 0 Å². The average molecular weight is 248 g/mol. The van der Waals surface area contributed by atoms with Gasteiger partial charge in [-0.3, -0.25) is 4.90 Å². The Morgan fingerprint density at radius 1 is 1.41 bits per heavy atom. The van der Waals surface area contributed by atoms with Crippen LogP contribution in [0.1, 0.15) is 10.4 Å². The van der Waals surface area contributed by atoms with E-state index in [0.29, 0.717) is 5.82 Å². The molecule has 2 aromatic heterocycles. The Morgan fingerprint density at radius 3 is 3.00 bits per heavy atom. The minimum Gasteiger partial charge on any atom is -0.308 e. The zero-order valence-electron chi connectivity index (χ0n) is 9.76. The molecule has 0 aliphatic carbocycles. The van der Waals surface area contributed by atoms with Gasteiger partial charge in [0.15, 0.2) is 0 Å². The first-order valence-corrected chi connectivity index (χ1v) is 6.28. The average Bonchev–Trinajstić information content (AvgIpc) is 2.82. The zero-order chi connectivity index (χ0) is 12.1. The van der Waals surface area contributed by atoms with E-state index in [0.717, 1.165) is 13.1 Å². The first kappa shape index (κ1) is 12.0. The Hall–Kier alpha value is -1.43. The van der Waals surface area contributed by atoms with E-state index in [2.05, 4.69) is 39.9 Å². The van der Waals surface area contributed by atoms with E-state index in [4.69, 9.17) is 5.84 Å². The lowest BCUT2D eigenvalue weighted by Crippen LogP contribution is -2.17. The van der Waals surface area contributed by atoms with Crippen molar-refractivity contribution in [2.24, 2.45) is 5.84 Å². The Kier molecular flexibility index (Phi) is 4.08. The van der Waals surface area contributed by atoms with Crippen LogP contribution in [0.2, 0.25) is 0 Å². The van der Waals surface area contributed by atoms with E-state index in [1.807, 2.05) is 12.1 Å². The molecular formula is C12H16N4S. The lowest BCUT2D eigenvalue weighted by Gasteiger charge is -2.15. The molecule has 0 bridgehead atoms. The fourth-order valence-corrected chi connectivity index (χ4v) is 2.47. The van der Waals surface area contributed by atoms with Crippen molar-refractivity contribution in [1.82, 2.24) is 9.88 Å². The second-order valence-electron chi connectivity index (χ2n) is 3.95.